The fourth-order valence-corrected chi connectivity index (χ4v) is 4.97. The molecule has 0 amide bonds. The smallest absolute Gasteiger partial charge is 0.418 e. The maximum absolute atomic E-state index is 13.9. The Morgan fingerprint density at radius 3 is 2.64 bits per heavy atom. The molecule has 2 atom stereocenters. The Balaban J connectivity index is 1.72. The second-order valence-corrected chi connectivity index (χ2v) is 8.26. The van der Waals surface area contributed by atoms with Gasteiger partial charge in [0.25, 0.3) is 6.01 Å². The minimum atomic E-state index is -4.50. The first-order valence-corrected chi connectivity index (χ1v) is 10.3. The molecule has 5 nitrogen and oxygen atoms in total. The van der Waals surface area contributed by atoms with Crippen LogP contribution in [0.1, 0.15) is 30.9 Å². The van der Waals surface area contributed by atoms with E-state index < -0.39 is 11.7 Å². The molecule has 0 aliphatic carbocycles. The summed E-state index contributed by atoms with van der Waals surface area (Å²) in [4.78, 5) is 10.6. The van der Waals surface area contributed by atoms with E-state index in [1.165, 1.54) is 11.3 Å². The standard InChI is InChI=1S/C19H19F3N4OS/c1-2-10-7-13(17-23-5-6-28-17)16-15(14(10)19(20,21)22)25-18(27-16)26-8-11-3-4-12(9-26)24-11/h5-7,11-12,24H,2-4,8-9H2,1H3. The van der Waals surface area contributed by atoms with Gasteiger partial charge in [0, 0.05) is 36.8 Å². The van der Waals surface area contributed by atoms with E-state index in [9.17, 15) is 13.2 Å². The highest BCUT2D eigenvalue weighted by Gasteiger charge is 2.39. The number of nitrogens with one attached hydrogen (secondary N) is 1. The zero-order valence-corrected chi connectivity index (χ0v) is 16.0. The zero-order chi connectivity index (χ0) is 19.5. The van der Waals surface area contributed by atoms with Crippen LogP contribution in [0.5, 0.6) is 0 Å². The second kappa shape index (κ2) is 6.45. The predicted molar refractivity (Wildman–Crippen MR) is 102 cm³/mol. The Bertz CT molecular complexity index is 1000. The van der Waals surface area contributed by atoms with Crippen LogP contribution < -0.4 is 10.2 Å². The number of piperazine rings is 1. The third kappa shape index (κ3) is 2.88. The second-order valence-electron chi connectivity index (χ2n) is 7.36. The van der Waals surface area contributed by atoms with Crippen LogP contribution in [-0.4, -0.2) is 35.1 Å². The quantitative estimate of drug-likeness (QED) is 0.693. The maximum Gasteiger partial charge on any atom is 0.418 e. The first-order chi connectivity index (χ1) is 13.4. The lowest BCUT2D eigenvalue weighted by molar-refractivity contribution is -0.137. The van der Waals surface area contributed by atoms with Gasteiger partial charge in [-0.25, -0.2) is 4.98 Å². The van der Waals surface area contributed by atoms with Crippen LogP contribution >= 0.6 is 11.3 Å². The number of rotatable bonds is 3. The fraction of sp³-hybridized carbons (Fsp3) is 0.474. The fourth-order valence-electron chi connectivity index (χ4n) is 4.32. The van der Waals surface area contributed by atoms with Gasteiger partial charge in [-0.3, -0.25) is 0 Å². The minimum absolute atomic E-state index is 0.113. The Morgan fingerprint density at radius 2 is 2.04 bits per heavy atom. The van der Waals surface area contributed by atoms with Gasteiger partial charge in [-0.05, 0) is 30.9 Å². The maximum atomic E-state index is 13.9. The molecule has 2 aliphatic rings. The average Bonchev–Trinajstić information content (AvgIpc) is 3.39. The van der Waals surface area contributed by atoms with Gasteiger partial charge in [0.1, 0.15) is 10.5 Å². The molecule has 0 radical (unpaired) electrons. The van der Waals surface area contributed by atoms with E-state index in [4.69, 9.17) is 4.42 Å². The van der Waals surface area contributed by atoms with Crippen molar-refractivity contribution in [2.75, 3.05) is 18.0 Å². The first kappa shape index (κ1) is 17.9. The summed E-state index contributed by atoms with van der Waals surface area (Å²) >= 11 is 1.38. The Labute approximate surface area is 163 Å². The van der Waals surface area contributed by atoms with Crippen LogP contribution in [0.3, 0.4) is 0 Å². The summed E-state index contributed by atoms with van der Waals surface area (Å²) < 4.78 is 47.7. The molecule has 5 rings (SSSR count). The molecule has 3 aromatic rings. The summed E-state index contributed by atoms with van der Waals surface area (Å²) in [5.41, 5.74) is 0.147. The van der Waals surface area contributed by atoms with Gasteiger partial charge in [0.2, 0.25) is 0 Å². The van der Waals surface area contributed by atoms with Crippen LogP contribution in [-0.2, 0) is 12.6 Å². The zero-order valence-electron chi connectivity index (χ0n) is 15.2. The number of hydrogen-bond acceptors (Lipinski definition) is 6. The van der Waals surface area contributed by atoms with Crippen molar-refractivity contribution in [2.45, 2.75) is 44.4 Å². The lowest BCUT2D eigenvalue weighted by Crippen LogP contribution is -2.51. The van der Waals surface area contributed by atoms with Crippen molar-refractivity contribution < 1.29 is 17.6 Å². The van der Waals surface area contributed by atoms with Crippen LogP contribution in [0.4, 0.5) is 19.2 Å². The molecule has 2 aromatic heterocycles. The SMILES string of the molecule is CCc1cc(-c2nccs2)c2oc(N3CC4CCC(C3)N4)nc2c1C(F)(F)F. The van der Waals surface area contributed by atoms with Gasteiger partial charge in [-0.1, -0.05) is 6.92 Å². The molecule has 0 saturated carbocycles. The molecule has 0 spiro atoms. The molecular weight excluding hydrogens is 389 g/mol. The number of halogens is 3. The van der Waals surface area contributed by atoms with Crippen molar-refractivity contribution in [3.05, 3.63) is 28.8 Å². The summed E-state index contributed by atoms with van der Waals surface area (Å²) in [6.45, 7) is 3.10. The third-order valence-corrected chi connectivity index (χ3v) is 6.36. The number of aryl methyl sites for hydroxylation is 1. The average molecular weight is 408 g/mol. The van der Waals surface area contributed by atoms with E-state index in [0.717, 1.165) is 12.8 Å². The van der Waals surface area contributed by atoms with Crippen LogP contribution in [0.25, 0.3) is 21.7 Å². The van der Waals surface area contributed by atoms with E-state index in [1.807, 2.05) is 4.90 Å². The van der Waals surface area contributed by atoms with Crippen molar-refractivity contribution >= 4 is 28.5 Å². The molecule has 9 heteroatoms. The Hall–Kier alpha value is -2.13. The van der Waals surface area contributed by atoms with Crippen LogP contribution in [0.15, 0.2) is 22.1 Å². The highest BCUT2D eigenvalue weighted by atomic mass is 32.1. The van der Waals surface area contributed by atoms with Crippen LogP contribution in [0.2, 0.25) is 0 Å². The third-order valence-electron chi connectivity index (χ3n) is 5.55. The molecule has 148 valence electrons. The van der Waals surface area contributed by atoms with E-state index in [1.54, 1.807) is 24.6 Å². The molecule has 28 heavy (non-hydrogen) atoms. The topological polar surface area (TPSA) is 54.2 Å². The van der Waals surface area contributed by atoms with Crippen molar-refractivity contribution in [1.29, 1.82) is 0 Å². The molecule has 1 N–H and O–H groups in total. The molecular formula is C19H19F3N4OS. The summed E-state index contributed by atoms with van der Waals surface area (Å²) in [5.74, 6) is 0. The number of nitrogens with zero attached hydrogens (tertiary/aromatic N) is 3. The summed E-state index contributed by atoms with van der Waals surface area (Å²) in [5, 5.41) is 5.95. The molecule has 2 aliphatic heterocycles. The van der Waals surface area contributed by atoms with Gasteiger partial charge in [-0.15, -0.1) is 11.3 Å². The molecule has 2 fully saturated rings. The number of thiazole rings is 1. The number of benzene rings is 1. The molecule has 1 aromatic carbocycles. The molecule has 2 saturated heterocycles. The van der Waals surface area contributed by atoms with Gasteiger partial charge < -0.3 is 14.6 Å². The number of hydrogen-bond donors (Lipinski definition) is 1. The molecule has 4 heterocycles. The van der Waals surface area contributed by atoms with Crippen molar-refractivity contribution in [3.63, 3.8) is 0 Å². The molecule has 2 unspecified atom stereocenters. The summed E-state index contributed by atoms with van der Waals surface area (Å²) in [6.07, 6.45) is -0.468. The van der Waals surface area contributed by atoms with E-state index in [-0.39, 0.29) is 29.1 Å². The van der Waals surface area contributed by atoms with Crippen molar-refractivity contribution in [2.24, 2.45) is 0 Å². The van der Waals surface area contributed by atoms with Crippen molar-refractivity contribution in [3.8, 4) is 10.6 Å². The highest BCUT2D eigenvalue weighted by molar-refractivity contribution is 7.13. The van der Waals surface area contributed by atoms with Crippen LogP contribution in [0, 0.1) is 0 Å². The monoisotopic (exact) mass is 408 g/mol. The lowest BCUT2D eigenvalue weighted by Gasteiger charge is -2.31. The van der Waals surface area contributed by atoms with E-state index in [0.29, 0.717) is 35.7 Å². The number of anilines is 1. The van der Waals surface area contributed by atoms with E-state index in [2.05, 4.69) is 15.3 Å². The summed E-state index contributed by atoms with van der Waals surface area (Å²) in [7, 11) is 0. The highest BCUT2D eigenvalue weighted by Crippen LogP contribution is 2.43. The minimum Gasteiger partial charge on any atom is -0.423 e. The predicted octanol–water partition coefficient (Wildman–Crippen LogP) is 4.47. The van der Waals surface area contributed by atoms with Gasteiger partial charge in [0.15, 0.2) is 5.58 Å². The largest absolute Gasteiger partial charge is 0.423 e. The normalized spacial score (nSPS) is 22.4. The number of alkyl halides is 3. The Kier molecular flexibility index (Phi) is 4.13. The van der Waals surface area contributed by atoms with Crippen molar-refractivity contribution in [1.82, 2.24) is 15.3 Å². The number of aromatic nitrogens is 2. The number of fused-ring (bicyclic) bond motifs is 3. The molecule has 2 bridgehead atoms. The van der Waals surface area contributed by atoms with E-state index >= 15 is 0 Å². The lowest BCUT2D eigenvalue weighted by atomic mass is 9.99. The summed E-state index contributed by atoms with van der Waals surface area (Å²) in [6, 6.07) is 2.49. The van der Waals surface area contributed by atoms with Gasteiger partial charge in [-0.2, -0.15) is 18.2 Å². The van der Waals surface area contributed by atoms with Gasteiger partial charge >= 0.3 is 6.18 Å². The van der Waals surface area contributed by atoms with Gasteiger partial charge in [0.05, 0.1) is 11.1 Å². The number of oxazole rings is 1. The Morgan fingerprint density at radius 1 is 1.29 bits per heavy atom. The first-order valence-electron chi connectivity index (χ1n) is 9.38.